The molecule has 2 atom stereocenters. The van der Waals surface area contributed by atoms with Crippen LogP contribution < -0.4 is 10.1 Å². The molecule has 124 valence electrons. The molecule has 0 heterocycles. The van der Waals surface area contributed by atoms with Crippen LogP contribution in [0.1, 0.15) is 24.5 Å². The second-order valence-corrected chi connectivity index (χ2v) is 6.53. The highest BCUT2D eigenvalue weighted by molar-refractivity contribution is 6.32. The lowest BCUT2D eigenvalue weighted by Crippen LogP contribution is -2.26. The summed E-state index contributed by atoms with van der Waals surface area (Å²) in [5.41, 5.74) is 0.828. The van der Waals surface area contributed by atoms with Crippen LogP contribution in [0.2, 0.25) is 5.02 Å². The van der Waals surface area contributed by atoms with Crippen molar-refractivity contribution >= 4 is 23.2 Å². The minimum Gasteiger partial charge on any atom is -0.489 e. The Bertz CT molecular complexity index is 912. The van der Waals surface area contributed by atoms with E-state index in [9.17, 15) is 4.79 Å². The fraction of sp³-hybridized carbons (Fsp3) is 0.211. The van der Waals surface area contributed by atoms with Gasteiger partial charge in [0.25, 0.3) is 0 Å². The summed E-state index contributed by atoms with van der Waals surface area (Å²) in [7, 11) is 0. The molecule has 2 aromatic carbocycles. The van der Waals surface area contributed by atoms with E-state index < -0.39 is 5.41 Å². The Kier molecular flexibility index (Phi) is 4.35. The lowest BCUT2D eigenvalue weighted by atomic mass is 10.1. The summed E-state index contributed by atoms with van der Waals surface area (Å²) in [6, 6.07) is 15.6. The molecule has 3 rings (SSSR count). The molecular weight excluding hydrogens is 338 g/mol. The molecule has 1 aliphatic rings. The molecular formula is C19H14ClN3O2. The first-order valence-corrected chi connectivity index (χ1v) is 8.02. The summed E-state index contributed by atoms with van der Waals surface area (Å²) in [6.07, 6.45) is 0.373. The largest absolute Gasteiger partial charge is 0.489 e. The Balaban J connectivity index is 1.64. The molecule has 1 fully saturated rings. The maximum Gasteiger partial charge on any atom is 0.234 e. The Morgan fingerprint density at radius 1 is 1.24 bits per heavy atom. The van der Waals surface area contributed by atoms with E-state index in [-0.39, 0.29) is 12.0 Å². The third kappa shape index (κ3) is 3.42. The van der Waals surface area contributed by atoms with Gasteiger partial charge in [-0.15, -0.1) is 0 Å². The molecule has 0 spiro atoms. The average molecular weight is 352 g/mol. The predicted octanol–water partition coefficient (Wildman–Crippen LogP) is 3.88. The van der Waals surface area contributed by atoms with Crippen molar-refractivity contribution in [1.29, 1.82) is 10.5 Å². The van der Waals surface area contributed by atoms with Crippen LogP contribution in [0.15, 0.2) is 42.5 Å². The number of rotatable bonds is 4. The molecule has 5 nitrogen and oxygen atoms in total. The highest BCUT2D eigenvalue weighted by atomic mass is 35.5. The van der Waals surface area contributed by atoms with E-state index >= 15 is 0 Å². The zero-order valence-electron chi connectivity index (χ0n) is 13.4. The number of hydrogen-bond donors (Lipinski definition) is 1. The first kappa shape index (κ1) is 16.8. The number of nitriles is 2. The van der Waals surface area contributed by atoms with E-state index in [1.54, 1.807) is 42.5 Å². The number of anilines is 1. The van der Waals surface area contributed by atoms with Crippen LogP contribution >= 0.6 is 11.6 Å². The monoisotopic (exact) mass is 351 g/mol. The number of hydrogen-bond acceptors (Lipinski definition) is 4. The van der Waals surface area contributed by atoms with Crippen LogP contribution in [-0.4, -0.2) is 12.0 Å². The van der Waals surface area contributed by atoms with Gasteiger partial charge in [-0.25, -0.2) is 0 Å². The zero-order chi connectivity index (χ0) is 18.0. The van der Waals surface area contributed by atoms with Crippen molar-refractivity contribution in [3.63, 3.8) is 0 Å². The molecule has 1 N–H and O–H groups in total. The third-order valence-electron chi connectivity index (χ3n) is 4.29. The van der Waals surface area contributed by atoms with Crippen molar-refractivity contribution in [2.75, 3.05) is 5.32 Å². The highest BCUT2D eigenvalue weighted by Crippen LogP contribution is 2.49. The number of carbonyl (C=O) groups excluding carboxylic acids is 1. The molecule has 0 saturated heterocycles. The van der Waals surface area contributed by atoms with E-state index in [4.69, 9.17) is 26.9 Å². The van der Waals surface area contributed by atoms with E-state index in [0.717, 1.165) is 0 Å². The van der Waals surface area contributed by atoms with Crippen molar-refractivity contribution in [1.82, 2.24) is 0 Å². The highest BCUT2D eigenvalue weighted by Gasteiger charge is 2.58. The van der Waals surface area contributed by atoms with Gasteiger partial charge in [-0.2, -0.15) is 10.5 Å². The maximum absolute atomic E-state index is 12.5. The quantitative estimate of drug-likeness (QED) is 0.905. The van der Waals surface area contributed by atoms with Gasteiger partial charge in [0.05, 0.1) is 27.6 Å². The predicted molar refractivity (Wildman–Crippen MR) is 93.1 cm³/mol. The standard InChI is InChI=1S/C19H14ClN3O2/c1-19(9-17(19)25-15-6-2-12(10-21)3-7-15)18(24)23-14-5-4-13(11-22)16(20)8-14/h2-8,17H,9H2,1H3,(H,23,24)/t17?,19-/m1/s1. The second-order valence-electron chi connectivity index (χ2n) is 6.12. The summed E-state index contributed by atoms with van der Waals surface area (Å²) in [4.78, 5) is 12.5. The summed E-state index contributed by atoms with van der Waals surface area (Å²) in [5.74, 6) is 0.467. The van der Waals surface area contributed by atoms with Crippen molar-refractivity contribution in [3.8, 4) is 17.9 Å². The van der Waals surface area contributed by atoms with Gasteiger partial charge in [-0.1, -0.05) is 11.6 Å². The van der Waals surface area contributed by atoms with Crippen LogP contribution in [0.4, 0.5) is 5.69 Å². The zero-order valence-corrected chi connectivity index (χ0v) is 14.2. The Morgan fingerprint density at radius 2 is 1.96 bits per heavy atom. The van der Waals surface area contributed by atoms with Crippen molar-refractivity contribution in [2.24, 2.45) is 5.41 Å². The minimum atomic E-state index is -0.631. The molecule has 1 saturated carbocycles. The first-order valence-electron chi connectivity index (χ1n) is 7.64. The van der Waals surface area contributed by atoms with Gasteiger partial charge in [0.1, 0.15) is 17.9 Å². The van der Waals surface area contributed by atoms with Gasteiger partial charge in [0, 0.05) is 12.1 Å². The molecule has 0 aromatic heterocycles. The van der Waals surface area contributed by atoms with Gasteiger partial charge in [-0.3, -0.25) is 4.79 Å². The molecule has 1 aliphatic carbocycles. The smallest absolute Gasteiger partial charge is 0.234 e. The van der Waals surface area contributed by atoms with Gasteiger partial charge in [0.15, 0.2) is 0 Å². The number of halogens is 1. The summed E-state index contributed by atoms with van der Waals surface area (Å²) in [6.45, 7) is 1.84. The number of nitrogens with one attached hydrogen (secondary N) is 1. The van der Waals surface area contributed by atoms with Gasteiger partial charge in [0.2, 0.25) is 5.91 Å². The molecule has 25 heavy (non-hydrogen) atoms. The van der Waals surface area contributed by atoms with Crippen molar-refractivity contribution in [2.45, 2.75) is 19.4 Å². The molecule has 0 aliphatic heterocycles. The van der Waals surface area contributed by atoms with Crippen LogP contribution in [0.5, 0.6) is 5.75 Å². The maximum atomic E-state index is 12.5. The van der Waals surface area contributed by atoms with Crippen LogP contribution in [0.3, 0.4) is 0 Å². The van der Waals surface area contributed by atoms with E-state index in [1.807, 2.05) is 19.1 Å². The molecule has 2 aromatic rings. The average Bonchev–Trinajstić information content (AvgIpc) is 3.27. The SMILES string of the molecule is C[C@@]1(C(=O)Nc2ccc(C#N)c(Cl)c2)CC1Oc1ccc(C#N)cc1. The molecule has 6 heteroatoms. The lowest BCUT2D eigenvalue weighted by Gasteiger charge is -2.13. The number of benzene rings is 2. The van der Waals surface area contributed by atoms with Crippen LogP contribution in [0.25, 0.3) is 0 Å². The number of nitrogens with zero attached hydrogens (tertiary/aromatic N) is 2. The van der Waals surface area contributed by atoms with Gasteiger partial charge in [-0.05, 0) is 49.4 Å². The van der Waals surface area contributed by atoms with E-state index in [1.165, 1.54) is 0 Å². The van der Waals surface area contributed by atoms with Crippen LogP contribution in [-0.2, 0) is 4.79 Å². The molecule has 1 unspecified atom stereocenters. The lowest BCUT2D eigenvalue weighted by molar-refractivity contribution is -0.121. The first-order chi connectivity index (χ1) is 12.0. The van der Waals surface area contributed by atoms with Crippen molar-refractivity contribution < 1.29 is 9.53 Å². The normalized spacial score (nSPS) is 20.9. The summed E-state index contributed by atoms with van der Waals surface area (Å²) >= 11 is 5.98. The minimum absolute atomic E-state index is 0.160. The van der Waals surface area contributed by atoms with Gasteiger partial charge >= 0.3 is 0 Å². The van der Waals surface area contributed by atoms with E-state index in [0.29, 0.717) is 34.0 Å². The van der Waals surface area contributed by atoms with E-state index in [2.05, 4.69) is 5.32 Å². The summed E-state index contributed by atoms with van der Waals surface area (Å²) in [5, 5.41) is 20.8. The van der Waals surface area contributed by atoms with Gasteiger partial charge < -0.3 is 10.1 Å². The molecule has 1 amide bonds. The fourth-order valence-electron chi connectivity index (χ4n) is 2.47. The number of carbonyl (C=O) groups is 1. The number of ether oxygens (including phenoxy) is 1. The topological polar surface area (TPSA) is 85.9 Å². The third-order valence-corrected chi connectivity index (χ3v) is 4.60. The van der Waals surface area contributed by atoms with Crippen molar-refractivity contribution in [3.05, 3.63) is 58.6 Å². The second kappa shape index (κ2) is 6.47. The number of amides is 1. The Hall–Kier alpha value is -3.02. The molecule has 0 bridgehead atoms. The summed E-state index contributed by atoms with van der Waals surface area (Å²) < 4.78 is 5.82. The Labute approximate surface area is 150 Å². The van der Waals surface area contributed by atoms with Crippen LogP contribution in [0, 0.1) is 28.1 Å². The Morgan fingerprint density at radius 3 is 2.56 bits per heavy atom. The molecule has 0 radical (unpaired) electrons. The fourth-order valence-corrected chi connectivity index (χ4v) is 2.69.